The van der Waals surface area contributed by atoms with Gasteiger partial charge in [-0.3, -0.25) is 9.59 Å². The lowest BCUT2D eigenvalue weighted by atomic mass is 10.1. The van der Waals surface area contributed by atoms with Crippen LogP contribution in [0, 0.1) is 0 Å². The van der Waals surface area contributed by atoms with Crippen LogP contribution in [0.5, 0.6) is 0 Å². The number of carbonyl (C=O) groups excluding carboxylic acids is 2. The van der Waals surface area contributed by atoms with E-state index in [1.165, 1.54) is 6.42 Å². The molecular formula is C12H21NO3. The molecule has 0 unspecified atom stereocenters. The number of hydrogen-bond donors (Lipinski definition) is 0. The van der Waals surface area contributed by atoms with Crippen LogP contribution < -0.4 is 0 Å². The van der Waals surface area contributed by atoms with Crippen molar-refractivity contribution in [3.8, 4) is 0 Å². The third-order valence-corrected chi connectivity index (χ3v) is 2.62. The van der Waals surface area contributed by atoms with E-state index in [1.807, 2.05) is 18.7 Å². The van der Waals surface area contributed by atoms with E-state index in [-0.39, 0.29) is 30.8 Å². The molecule has 0 spiro atoms. The van der Waals surface area contributed by atoms with Gasteiger partial charge in [0.1, 0.15) is 0 Å². The summed E-state index contributed by atoms with van der Waals surface area (Å²) in [5, 5.41) is 0. The Morgan fingerprint density at radius 2 is 1.75 bits per heavy atom. The molecule has 1 saturated heterocycles. The van der Waals surface area contributed by atoms with Crippen LogP contribution in [0.15, 0.2) is 0 Å². The van der Waals surface area contributed by atoms with Crippen molar-refractivity contribution in [2.75, 3.05) is 13.1 Å². The molecule has 1 aliphatic rings. The van der Waals surface area contributed by atoms with Gasteiger partial charge in [0.2, 0.25) is 5.91 Å². The SMILES string of the molecule is CC(C)OC(=O)CCC(=O)N1CCCCC1. The minimum absolute atomic E-state index is 0.0837. The minimum atomic E-state index is -0.277. The number of esters is 1. The summed E-state index contributed by atoms with van der Waals surface area (Å²) in [6.07, 6.45) is 3.76. The first-order valence-corrected chi connectivity index (χ1v) is 6.07. The van der Waals surface area contributed by atoms with Gasteiger partial charge in [-0.15, -0.1) is 0 Å². The maximum atomic E-state index is 11.7. The first-order chi connectivity index (χ1) is 7.59. The Kier molecular flexibility index (Phi) is 5.29. The molecule has 0 bridgehead atoms. The van der Waals surface area contributed by atoms with Crippen LogP contribution in [0.1, 0.15) is 46.0 Å². The van der Waals surface area contributed by atoms with Crippen molar-refractivity contribution in [2.45, 2.75) is 52.1 Å². The zero-order valence-electron chi connectivity index (χ0n) is 10.2. The van der Waals surface area contributed by atoms with Gasteiger partial charge >= 0.3 is 5.97 Å². The van der Waals surface area contributed by atoms with Crippen molar-refractivity contribution in [1.82, 2.24) is 4.90 Å². The van der Waals surface area contributed by atoms with E-state index in [2.05, 4.69) is 0 Å². The van der Waals surface area contributed by atoms with E-state index in [9.17, 15) is 9.59 Å². The smallest absolute Gasteiger partial charge is 0.306 e. The van der Waals surface area contributed by atoms with Gasteiger partial charge in [-0.25, -0.2) is 0 Å². The molecule has 0 saturated carbocycles. The molecule has 0 aromatic carbocycles. The lowest BCUT2D eigenvalue weighted by molar-refractivity contribution is -0.149. The molecule has 0 N–H and O–H groups in total. The maximum Gasteiger partial charge on any atom is 0.306 e. The molecule has 1 rings (SSSR count). The number of carbonyl (C=O) groups is 2. The van der Waals surface area contributed by atoms with Gasteiger partial charge in [0.25, 0.3) is 0 Å². The van der Waals surface area contributed by atoms with Crippen LogP contribution >= 0.6 is 0 Å². The van der Waals surface area contributed by atoms with E-state index in [4.69, 9.17) is 4.74 Å². The number of ether oxygens (including phenoxy) is 1. The number of amides is 1. The summed E-state index contributed by atoms with van der Waals surface area (Å²) >= 11 is 0. The number of hydrogen-bond acceptors (Lipinski definition) is 3. The van der Waals surface area contributed by atoms with E-state index in [0.29, 0.717) is 0 Å². The summed E-state index contributed by atoms with van der Waals surface area (Å²) in [4.78, 5) is 24.8. The summed E-state index contributed by atoms with van der Waals surface area (Å²) in [5.41, 5.74) is 0. The summed E-state index contributed by atoms with van der Waals surface area (Å²) in [5.74, 6) is -0.194. The second-order valence-electron chi connectivity index (χ2n) is 4.48. The maximum absolute atomic E-state index is 11.7. The Hall–Kier alpha value is -1.06. The normalized spacial score (nSPS) is 16.3. The van der Waals surface area contributed by atoms with Crippen LogP contribution in [0.2, 0.25) is 0 Å². The number of piperidine rings is 1. The molecule has 92 valence electrons. The van der Waals surface area contributed by atoms with Gasteiger partial charge in [-0.2, -0.15) is 0 Å². The Morgan fingerprint density at radius 3 is 2.31 bits per heavy atom. The predicted molar refractivity (Wildman–Crippen MR) is 60.9 cm³/mol. The Balaban J connectivity index is 2.21. The quantitative estimate of drug-likeness (QED) is 0.687. The van der Waals surface area contributed by atoms with Crippen molar-refractivity contribution < 1.29 is 14.3 Å². The molecule has 0 aromatic heterocycles. The fourth-order valence-corrected chi connectivity index (χ4v) is 1.83. The van der Waals surface area contributed by atoms with Gasteiger partial charge in [0.05, 0.1) is 12.5 Å². The molecule has 16 heavy (non-hydrogen) atoms. The molecule has 0 aliphatic carbocycles. The monoisotopic (exact) mass is 227 g/mol. The summed E-state index contributed by atoms with van der Waals surface area (Å²) in [7, 11) is 0. The highest BCUT2D eigenvalue weighted by Gasteiger charge is 2.17. The Bertz CT molecular complexity index is 245. The Morgan fingerprint density at radius 1 is 1.12 bits per heavy atom. The van der Waals surface area contributed by atoms with E-state index >= 15 is 0 Å². The molecule has 1 amide bonds. The number of nitrogens with zero attached hydrogens (tertiary/aromatic N) is 1. The second-order valence-corrected chi connectivity index (χ2v) is 4.48. The standard InChI is InChI=1S/C12H21NO3/c1-10(2)16-12(15)7-6-11(14)13-8-4-3-5-9-13/h10H,3-9H2,1-2H3. The fraction of sp³-hybridized carbons (Fsp3) is 0.833. The molecule has 0 radical (unpaired) electrons. The highest BCUT2D eigenvalue weighted by atomic mass is 16.5. The zero-order valence-corrected chi connectivity index (χ0v) is 10.2. The minimum Gasteiger partial charge on any atom is -0.463 e. The van der Waals surface area contributed by atoms with Crippen LogP contribution in [0.25, 0.3) is 0 Å². The number of rotatable bonds is 4. The van der Waals surface area contributed by atoms with Crippen molar-refractivity contribution in [3.05, 3.63) is 0 Å². The first-order valence-electron chi connectivity index (χ1n) is 6.07. The van der Waals surface area contributed by atoms with Gasteiger partial charge in [0, 0.05) is 19.5 Å². The van der Waals surface area contributed by atoms with Gasteiger partial charge < -0.3 is 9.64 Å². The average molecular weight is 227 g/mol. The van der Waals surface area contributed by atoms with Crippen LogP contribution in [-0.2, 0) is 14.3 Å². The third kappa shape index (κ3) is 4.64. The molecule has 0 aromatic rings. The second kappa shape index (κ2) is 6.51. The van der Waals surface area contributed by atoms with Crippen molar-refractivity contribution in [3.63, 3.8) is 0 Å². The highest BCUT2D eigenvalue weighted by Crippen LogP contribution is 2.11. The molecule has 1 aliphatic heterocycles. The van der Waals surface area contributed by atoms with Crippen LogP contribution in [0.4, 0.5) is 0 Å². The lowest BCUT2D eigenvalue weighted by Gasteiger charge is -2.26. The summed E-state index contributed by atoms with van der Waals surface area (Å²) in [6, 6.07) is 0. The first kappa shape index (κ1) is 13.0. The summed E-state index contributed by atoms with van der Waals surface area (Å²) < 4.78 is 4.98. The van der Waals surface area contributed by atoms with Crippen molar-refractivity contribution in [1.29, 1.82) is 0 Å². The molecule has 4 nitrogen and oxygen atoms in total. The van der Waals surface area contributed by atoms with Crippen molar-refractivity contribution in [2.24, 2.45) is 0 Å². The van der Waals surface area contributed by atoms with Crippen LogP contribution in [0.3, 0.4) is 0 Å². The molecule has 4 heteroatoms. The van der Waals surface area contributed by atoms with Gasteiger partial charge in [-0.1, -0.05) is 0 Å². The van der Waals surface area contributed by atoms with E-state index in [0.717, 1.165) is 25.9 Å². The molecule has 1 heterocycles. The van der Waals surface area contributed by atoms with E-state index < -0.39 is 0 Å². The Labute approximate surface area is 96.9 Å². The molecule has 0 atom stereocenters. The summed E-state index contributed by atoms with van der Waals surface area (Å²) in [6.45, 7) is 5.31. The fourth-order valence-electron chi connectivity index (χ4n) is 1.83. The number of likely N-dealkylation sites (tertiary alicyclic amines) is 1. The zero-order chi connectivity index (χ0) is 12.0. The highest BCUT2D eigenvalue weighted by molar-refractivity contribution is 5.81. The van der Waals surface area contributed by atoms with Crippen LogP contribution in [-0.4, -0.2) is 36.0 Å². The lowest BCUT2D eigenvalue weighted by Crippen LogP contribution is -2.35. The average Bonchev–Trinajstić information content (AvgIpc) is 2.26. The predicted octanol–water partition coefficient (Wildman–Crippen LogP) is 1.73. The third-order valence-electron chi connectivity index (χ3n) is 2.62. The van der Waals surface area contributed by atoms with Crippen molar-refractivity contribution >= 4 is 11.9 Å². The largest absolute Gasteiger partial charge is 0.463 e. The van der Waals surface area contributed by atoms with Gasteiger partial charge in [0.15, 0.2) is 0 Å². The van der Waals surface area contributed by atoms with E-state index in [1.54, 1.807) is 0 Å². The molecule has 1 fully saturated rings. The van der Waals surface area contributed by atoms with Gasteiger partial charge in [-0.05, 0) is 33.1 Å². The molecular weight excluding hydrogens is 206 g/mol. The topological polar surface area (TPSA) is 46.6 Å².